The summed E-state index contributed by atoms with van der Waals surface area (Å²) in [7, 11) is 0. The molecule has 408 valence electrons. The number of hydrogen-bond acceptors (Lipinski definition) is 9. The van der Waals surface area contributed by atoms with Crippen molar-refractivity contribution in [3.05, 3.63) is 84.1 Å². The number of para-hydroxylation sites is 1. The molecule has 1 saturated heterocycles. The van der Waals surface area contributed by atoms with E-state index in [0.717, 1.165) is 21.7 Å². The summed E-state index contributed by atoms with van der Waals surface area (Å²) < 4.78 is 0. The Bertz CT molecular complexity index is 2770. The van der Waals surface area contributed by atoms with Crippen molar-refractivity contribution in [3.63, 3.8) is 0 Å². The molecule has 22 heteroatoms. The van der Waals surface area contributed by atoms with Gasteiger partial charge in [-0.05, 0) is 79.3 Å². The maximum absolute atomic E-state index is 15.0. The topological polar surface area (TPSA) is 358 Å². The van der Waals surface area contributed by atoms with E-state index in [-0.39, 0.29) is 76.8 Å². The highest BCUT2D eigenvalue weighted by atomic mass is 16.2. The van der Waals surface area contributed by atoms with Gasteiger partial charge in [-0.15, -0.1) is 0 Å². The van der Waals surface area contributed by atoms with Crippen LogP contribution in [0.15, 0.2) is 72.9 Å². The van der Waals surface area contributed by atoms with E-state index < -0.39 is 101 Å². The van der Waals surface area contributed by atoms with E-state index in [4.69, 9.17) is 17.2 Å². The van der Waals surface area contributed by atoms with E-state index in [9.17, 15) is 43.2 Å². The molecule has 16 N–H and O–H groups in total. The first-order valence-corrected chi connectivity index (χ1v) is 26.3. The summed E-state index contributed by atoms with van der Waals surface area (Å²) in [6.07, 6.45) is 4.83. The number of amides is 9. The van der Waals surface area contributed by atoms with Gasteiger partial charge in [0.25, 0.3) is 0 Å². The summed E-state index contributed by atoms with van der Waals surface area (Å²) in [5, 5.41) is 24.8. The van der Waals surface area contributed by atoms with E-state index in [1.807, 2.05) is 73.7 Å². The van der Waals surface area contributed by atoms with E-state index in [1.54, 1.807) is 6.20 Å². The zero-order valence-corrected chi connectivity index (χ0v) is 43.3. The molecule has 6 atom stereocenters. The standard InChI is InChI=1S/C54H73N13O9/c1-3-4-17-40(61-32(2)68)47(71)65-44-30-45(69)58-25-12-9-19-39(46(55)70)62-50(74)43(29-36-31-60-38-18-8-7-16-37(36)38)64-48(72)41(20-13-26-59-53(56)57)63-49(73)42(28-33-21-22-34-14-5-6-15-35(34)27-33)66-52(76)54(67-51(44)75)23-10-11-24-54/h5-8,14-16,18,21-22,27,31,39-44,60H,3-4,9-13,17,19-20,23-26,28-30H2,1-2H3,(H2,55,70)(H,58,69)(H,61,68)(H,62,74)(H,63,73)(H,64,72)(H,65,71)(H,66,76)(H,67,75)(H4,56,57,59)/p+1/t39-,40+,41+,42-,43-,44+/m0/s1. The number of H-pyrrole nitrogens is 1. The number of guanidine groups is 1. The number of rotatable bonds is 15. The molecule has 4 aromatic rings. The molecule has 1 aliphatic carbocycles. The lowest BCUT2D eigenvalue weighted by molar-refractivity contribution is -0.459. The smallest absolute Gasteiger partial charge is 0.338 e. The van der Waals surface area contributed by atoms with Crippen LogP contribution in [0.1, 0.15) is 108 Å². The molecule has 2 fully saturated rings. The van der Waals surface area contributed by atoms with Crippen molar-refractivity contribution < 1.29 is 48.1 Å². The van der Waals surface area contributed by atoms with Crippen LogP contribution in [-0.4, -0.2) is 119 Å². The lowest BCUT2D eigenvalue weighted by atomic mass is 9.93. The number of benzene rings is 3. The normalized spacial score (nSPS) is 21.7. The van der Waals surface area contributed by atoms with Crippen molar-refractivity contribution in [2.75, 3.05) is 13.1 Å². The maximum atomic E-state index is 15.0. The van der Waals surface area contributed by atoms with Gasteiger partial charge in [0.2, 0.25) is 53.2 Å². The zero-order valence-electron chi connectivity index (χ0n) is 43.3. The molecule has 1 saturated carbocycles. The van der Waals surface area contributed by atoms with E-state index >= 15 is 0 Å². The Balaban J connectivity index is 1.39. The highest BCUT2D eigenvalue weighted by Gasteiger charge is 2.45. The van der Waals surface area contributed by atoms with Crippen LogP contribution in [-0.2, 0) is 56.0 Å². The first-order valence-electron chi connectivity index (χ1n) is 26.3. The number of unbranched alkanes of at least 4 members (excludes halogenated alkanes) is 1. The summed E-state index contributed by atoms with van der Waals surface area (Å²) in [4.78, 5) is 132. The Labute approximate surface area is 441 Å². The molecule has 9 amide bonds. The highest BCUT2D eigenvalue weighted by molar-refractivity contribution is 6.00. The molecular weight excluding hydrogens is 975 g/mol. The lowest BCUT2D eigenvalue weighted by Crippen LogP contribution is -2.78. The first kappa shape index (κ1) is 57.2. The van der Waals surface area contributed by atoms with Crippen LogP contribution in [0, 0.1) is 0 Å². The summed E-state index contributed by atoms with van der Waals surface area (Å²) in [6, 6.07) is 12.9. The van der Waals surface area contributed by atoms with Gasteiger partial charge in [-0.1, -0.05) is 93.3 Å². The van der Waals surface area contributed by atoms with Gasteiger partial charge in [-0.3, -0.25) is 59.6 Å². The summed E-state index contributed by atoms with van der Waals surface area (Å²) in [5.41, 5.74) is 17.7. The van der Waals surface area contributed by atoms with Crippen LogP contribution in [0.2, 0.25) is 0 Å². The van der Waals surface area contributed by atoms with Crippen LogP contribution < -0.4 is 64.7 Å². The van der Waals surface area contributed by atoms with Gasteiger partial charge in [0.15, 0.2) is 0 Å². The molecule has 76 heavy (non-hydrogen) atoms. The summed E-state index contributed by atoms with van der Waals surface area (Å²) in [5.74, 6) is -6.47. The molecule has 2 heterocycles. The summed E-state index contributed by atoms with van der Waals surface area (Å²) >= 11 is 0. The van der Waals surface area contributed by atoms with Crippen molar-refractivity contribution >= 4 is 80.8 Å². The molecule has 1 aliphatic heterocycles. The summed E-state index contributed by atoms with van der Waals surface area (Å²) in [6.45, 7) is 3.46. The Kier molecular flexibility index (Phi) is 20.7. The Morgan fingerprint density at radius 3 is 2.17 bits per heavy atom. The van der Waals surface area contributed by atoms with Crippen molar-refractivity contribution in [1.82, 2.24) is 47.5 Å². The largest absolute Gasteiger partial charge is 0.368 e. The number of aromatic amines is 1. The highest BCUT2D eigenvalue weighted by Crippen LogP contribution is 2.31. The average molecular weight is 1050 g/mol. The van der Waals surface area contributed by atoms with Crippen LogP contribution in [0.25, 0.3) is 21.7 Å². The van der Waals surface area contributed by atoms with Crippen molar-refractivity contribution in [2.45, 2.75) is 152 Å². The quantitative estimate of drug-likeness (QED) is 0.0388. The zero-order chi connectivity index (χ0) is 54.8. The minimum atomic E-state index is -1.60. The predicted octanol–water partition coefficient (Wildman–Crippen LogP) is -1.04. The fourth-order valence-electron chi connectivity index (χ4n) is 9.82. The lowest BCUT2D eigenvalue weighted by Gasteiger charge is -2.33. The molecule has 3 aromatic carbocycles. The maximum Gasteiger partial charge on any atom is 0.338 e. The van der Waals surface area contributed by atoms with Crippen molar-refractivity contribution in [3.8, 4) is 0 Å². The van der Waals surface area contributed by atoms with Crippen LogP contribution in [0.3, 0.4) is 0 Å². The molecule has 1 spiro atoms. The van der Waals surface area contributed by atoms with Gasteiger partial charge < -0.3 is 53.3 Å². The first-order chi connectivity index (χ1) is 36.4. The van der Waals surface area contributed by atoms with E-state index in [0.29, 0.717) is 43.2 Å². The van der Waals surface area contributed by atoms with Crippen LogP contribution in [0.5, 0.6) is 0 Å². The number of hydrogen-bond donors (Lipinski definition) is 13. The van der Waals surface area contributed by atoms with Gasteiger partial charge in [-0.2, -0.15) is 0 Å². The molecule has 1 aromatic heterocycles. The van der Waals surface area contributed by atoms with E-state index in [1.165, 1.54) is 6.92 Å². The Morgan fingerprint density at radius 2 is 1.45 bits per heavy atom. The number of aromatic nitrogens is 1. The molecule has 0 bridgehead atoms. The van der Waals surface area contributed by atoms with Crippen LogP contribution in [0.4, 0.5) is 0 Å². The number of carbonyl (C=O) groups excluding carboxylic acids is 9. The fraction of sp³-hybridized carbons (Fsp3) is 0.481. The minimum Gasteiger partial charge on any atom is -0.368 e. The molecule has 6 rings (SSSR count). The number of primary amides is 1. The second-order valence-electron chi connectivity index (χ2n) is 19.9. The molecule has 2 aliphatic rings. The third kappa shape index (κ3) is 16.2. The second kappa shape index (κ2) is 27.5. The third-order valence-corrected chi connectivity index (χ3v) is 14.0. The van der Waals surface area contributed by atoms with Gasteiger partial charge in [-0.25, -0.2) is 0 Å². The monoisotopic (exact) mass is 1050 g/mol. The second-order valence-corrected chi connectivity index (χ2v) is 19.9. The molecule has 0 radical (unpaired) electrons. The number of nitrogens with two attached hydrogens (primary N) is 3. The number of fused-ring (bicyclic) bond motifs is 2. The van der Waals surface area contributed by atoms with E-state index in [2.05, 4.69) is 52.5 Å². The SMILES string of the molecule is CCCC[C@@H](NC(C)=O)C(=O)N[C@@H]1CC(=O)NCCCC[C@@H](C(N)=O)NC(=O)[C@H](Cc2c[nH]c3ccccc23)NC(=O)[C@@H](CCC[NH+]=C(N)N)NC(=O)[C@H](Cc2ccc3ccccc3c2)NC(=O)C2(CCCC2)NC1=O. The minimum absolute atomic E-state index is 0.000920. The van der Waals surface area contributed by atoms with Crippen molar-refractivity contribution in [1.29, 1.82) is 0 Å². The van der Waals surface area contributed by atoms with Gasteiger partial charge >= 0.3 is 5.96 Å². The van der Waals surface area contributed by atoms with Crippen molar-refractivity contribution in [2.24, 2.45) is 17.2 Å². The van der Waals surface area contributed by atoms with Crippen LogP contribution >= 0.6 is 0 Å². The number of nitrogens with one attached hydrogen (secondary N) is 10. The fourth-order valence-corrected chi connectivity index (χ4v) is 9.82. The predicted molar refractivity (Wildman–Crippen MR) is 285 cm³/mol. The Hall–Kier alpha value is -8.04. The molecule has 0 unspecified atom stereocenters. The van der Waals surface area contributed by atoms with Gasteiger partial charge in [0, 0.05) is 43.4 Å². The van der Waals surface area contributed by atoms with Gasteiger partial charge in [0.05, 0.1) is 13.0 Å². The van der Waals surface area contributed by atoms with Gasteiger partial charge in [0.1, 0.15) is 41.8 Å². The number of carbonyl (C=O) groups is 9. The third-order valence-electron chi connectivity index (χ3n) is 14.0. The Morgan fingerprint density at radius 1 is 0.763 bits per heavy atom. The average Bonchev–Trinajstić information content (AvgIpc) is 4.05. The molecular formula is C54H74N13O9+. The molecule has 22 nitrogen and oxygen atoms in total.